The lowest BCUT2D eigenvalue weighted by molar-refractivity contribution is -0.133. The van der Waals surface area contributed by atoms with Gasteiger partial charge in [0.2, 0.25) is 5.28 Å². The van der Waals surface area contributed by atoms with Crippen molar-refractivity contribution in [1.29, 1.82) is 0 Å². The molecule has 2 atom stereocenters. The van der Waals surface area contributed by atoms with E-state index >= 15 is 0 Å². The first-order valence-corrected chi connectivity index (χ1v) is 5.70. The number of aliphatic hydroxyl groups is 1. The number of imidazole rings is 1. The summed E-state index contributed by atoms with van der Waals surface area (Å²) in [4.78, 5) is 15.4. The highest BCUT2D eigenvalue weighted by molar-refractivity contribution is 6.32. The zero-order chi connectivity index (χ0) is 12.6. The number of nitrogens with zero attached hydrogens (tertiary/aromatic N) is 2. The van der Waals surface area contributed by atoms with E-state index in [4.69, 9.17) is 23.2 Å². The Morgan fingerprint density at radius 3 is 2.76 bits per heavy atom. The van der Waals surface area contributed by atoms with Crippen molar-refractivity contribution in [1.82, 2.24) is 9.55 Å². The van der Waals surface area contributed by atoms with Crippen LogP contribution in [-0.4, -0.2) is 26.0 Å². The van der Waals surface area contributed by atoms with Gasteiger partial charge in [0.05, 0.1) is 6.04 Å². The van der Waals surface area contributed by atoms with Crippen molar-refractivity contribution in [3.05, 3.63) is 40.9 Å². The number of hydrogen-bond acceptors (Lipinski definition) is 3. The van der Waals surface area contributed by atoms with E-state index in [1.54, 1.807) is 18.2 Å². The number of rotatable bonds is 2. The summed E-state index contributed by atoms with van der Waals surface area (Å²) in [5, 5.41) is 10.7. The molecule has 6 heteroatoms. The first-order valence-electron chi connectivity index (χ1n) is 4.94. The van der Waals surface area contributed by atoms with Gasteiger partial charge in [0.1, 0.15) is 5.15 Å². The van der Waals surface area contributed by atoms with Crippen LogP contribution in [0.2, 0.25) is 10.4 Å². The fourth-order valence-electron chi connectivity index (χ4n) is 1.79. The van der Waals surface area contributed by atoms with Crippen LogP contribution in [0.5, 0.6) is 0 Å². The molecule has 0 radical (unpaired) electrons. The first kappa shape index (κ1) is 12.4. The second kappa shape index (κ2) is 4.29. The Morgan fingerprint density at radius 2 is 2.24 bits per heavy atom. The van der Waals surface area contributed by atoms with Crippen LogP contribution < -0.4 is 0 Å². The zero-order valence-electron chi connectivity index (χ0n) is 8.97. The Labute approximate surface area is 108 Å². The highest BCUT2D eigenvalue weighted by Gasteiger charge is 2.40. The third kappa shape index (κ3) is 2.04. The van der Waals surface area contributed by atoms with Crippen LogP contribution in [0.25, 0.3) is 0 Å². The van der Waals surface area contributed by atoms with E-state index in [2.05, 4.69) is 4.98 Å². The number of ketones is 1. The van der Waals surface area contributed by atoms with Crippen molar-refractivity contribution in [2.45, 2.75) is 18.6 Å². The third-order valence-electron chi connectivity index (χ3n) is 2.73. The van der Waals surface area contributed by atoms with Crippen molar-refractivity contribution >= 4 is 29.0 Å². The molecule has 1 heterocycles. The van der Waals surface area contributed by atoms with E-state index in [1.807, 2.05) is 0 Å². The van der Waals surface area contributed by atoms with Crippen molar-refractivity contribution in [3.8, 4) is 0 Å². The van der Waals surface area contributed by atoms with Crippen LogP contribution in [0, 0.1) is 0 Å². The fourth-order valence-corrected chi connectivity index (χ4v) is 2.26. The summed E-state index contributed by atoms with van der Waals surface area (Å²) in [5.41, 5.74) is -1.62. The highest BCUT2D eigenvalue weighted by Crippen LogP contribution is 2.33. The maximum absolute atomic E-state index is 11.6. The van der Waals surface area contributed by atoms with Gasteiger partial charge < -0.3 is 9.67 Å². The maximum atomic E-state index is 11.6. The van der Waals surface area contributed by atoms with Gasteiger partial charge in [0.25, 0.3) is 0 Å². The standard InChI is InChI=1S/C11H10Cl2N2O2/c1-7(16)11(17)5-3-2-4-8(11)15-6-9(12)14-10(15)13/h2-6,8,17H,1H3/t8-,11-/m1/s1. The Balaban J connectivity index is 2.50. The number of aromatic nitrogens is 2. The minimum atomic E-state index is -1.62. The van der Waals surface area contributed by atoms with Crippen LogP contribution in [0.4, 0.5) is 0 Å². The molecule has 0 aliphatic heterocycles. The minimum absolute atomic E-state index is 0.125. The average molecular weight is 273 g/mol. The summed E-state index contributed by atoms with van der Waals surface area (Å²) < 4.78 is 1.46. The van der Waals surface area contributed by atoms with Gasteiger partial charge in [-0.15, -0.1) is 0 Å². The van der Waals surface area contributed by atoms with Crippen molar-refractivity contribution in [2.75, 3.05) is 0 Å². The zero-order valence-corrected chi connectivity index (χ0v) is 10.5. The normalized spacial score (nSPS) is 27.4. The Kier molecular flexibility index (Phi) is 3.12. The predicted molar refractivity (Wildman–Crippen MR) is 65.2 cm³/mol. The molecule has 1 aliphatic carbocycles. The molecule has 90 valence electrons. The average Bonchev–Trinajstić information content (AvgIpc) is 2.58. The minimum Gasteiger partial charge on any atom is -0.375 e. The molecule has 1 aromatic heterocycles. The smallest absolute Gasteiger partial charge is 0.204 e. The van der Waals surface area contributed by atoms with Crippen molar-refractivity contribution in [2.24, 2.45) is 0 Å². The van der Waals surface area contributed by atoms with Crippen LogP contribution in [0.15, 0.2) is 30.5 Å². The summed E-state index contributed by atoms with van der Waals surface area (Å²) in [6.07, 6.45) is 7.93. The van der Waals surface area contributed by atoms with E-state index in [9.17, 15) is 9.90 Å². The van der Waals surface area contributed by atoms with Gasteiger partial charge in [0, 0.05) is 6.20 Å². The van der Waals surface area contributed by atoms with Crippen LogP contribution >= 0.6 is 23.2 Å². The SMILES string of the molecule is CC(=O)[C@]1(O)C=CC=C[C@H]1n1cc(Cl)nc1Cl. The second-order valence-corrected chi connectivity index (χ2v) is 4.54. The van der Waals surface area contributed by atoms with Gasteiger partial charge >= 0.3 is 0 Å². The molecule has 0 fully saturated rings. The fraction of sp³-hybridized carbons (Fsp3) is 0.273. The molecule has 0 saturated heterocycles. The molecule has 0 unspecified atom stereocenters. The van der Waals surface area contributed by atoms with Gasteiger partial charge in [-0.3, -0.25) is 4.79 Å². The number of Topliss-reactive ketones (excluding diaryl/α,β-unsaturated/α-hetero) is 1. The first-order chi connectivity index (χ1) is 7.95. The lowest BCUT2D eigenvalue weighted by Crippen LogP contribution is -2.44. The van der Waals surface area contributed by atoms with E-state index in [0.29, 0.717) is 0 Å². The van der Waals surface area contributed by atoms with Crippen LogP contribution in [-0.2, 0) is 4.79 Å². The maximum Gasteiger partial charge on any atom is 0.204 e. The summed E-state index contributed by atoms with van der Waals surface area (Å²) >= 11 is 11.6. The monoisotopic (exact) mass is 272 g/mol. The van der Waals surface area contributed by atoms with Gasteiger partial charge in [-0.2, -0.15) is 0 Å². The topological polar surface area (TPSA) is 55.1 Å². The largest absolute Gasteiger partial charge is 0.375 e. The molecule has 1 N–H and O–H groups in total. The molecule has 4 nitrogen and oxygen atoms in total. The molecule has 1 aliphatic rings. The van der Waals surface area contributed by atoms with E-state index in [1.165, 1.54) is 23.8 Å². The molecule has 0 aromatic carbocycles. The summed E-state index contributed by atoms with van der Waals surface area (Å²) in [7, 11) is 0. The number of halogens is 2. The number of allylic oxidation sites excluding steroid dienone is 2. The Hall–Kier alpha value is -1.10. The molecule has 17 heavy (non-hydrogen) atoms. The van der Waals surface area contributed by atoms with Crippen molar-refractivity contribution in [3.63, 3.8) is 0 Å². The molecule has 2 rings (SSSR count). The van der Waals surface area contributed by atoms with Gasteiger partial charge in [0.15, 0.2) is 11.4 Å². The van der Waals surface area contributed by atoms with E-state index in [0.717, 1.165) is 0 Å². The summed E-state index contributed by atoms with van der Waals surface area (Å²) in [5.74, 6) is -0.371. The lowest BCUT2D eigenvalue weighted by atomic mass is 9.86. The van der Waals surface area contributed by atoms with E-state index < -0.39 is 11.6 Å². The van der Waals surface area contributed by atoms with Gasteiger partial charge in [-0.1, -0.05) is 29.8 Å². The quantitative estimate of drug-likeness (QED) is 0.898. The molecule has 0 saturated carbocycles. The van der Waals surface area contributed by atoms with Crippen LogP contribution in [0.3, 0.4) is 0 Å². The molecular formula is C11H10Cl2N2O2. The second-order valence-electron chi connectivity index (χ2n) is 3.81. The van der Waals surface area contributed by atoms with E-state index in [-0.39, 0.29) is 16.2 Å². The van der Waals surface area contributed by atoms with Crippen LogP contribution in [0.1, 0.15) is 13.0 Å². The predicted octanol–water partition coefficient (Wildman–Crippen LogP) is 2.18. The molecule has 0 amide bonds. The number of hydrogen-bond donors (Lipinski definition) is 1. The molecule has 0 bridgehead atoms. The molecule has 1 aromatic rings. The van der Waals surface area contributed by atoms with Gasteiger partial charge in [-0.05, 0) is 24.6 Å². The van der Waals surface area contributed by atoms with Gasteiger partial charge in [-0.25, -0.2) is 4.98 Å². The molecular weight excluding hydrogens is 263 g/mol. The summed E-state index contributed by atoms with van der Waals surface area (Å²) in [6, 6.07) is -0.641. The molecule has 0 spiro atoms. The highest BCUT2D eigenvalue weighted by atomic mass is 35.5. The Morgan fingerprint density at radius 1 is 1.53 bits per heavy atom. The number of carbonyl (C=O) groups excluding carboxylic acids is 1. The van der Waals surface area contributed by atoms with Crippen molar-refractivity contribution < 1.29 is 9.90 Å². The lowest BCUT2D eigenvalue weighted by Gasteiger charge is -2.32. The number of carbonyl (C=O) groups is 1. The third-order valence-corrected chi connectivity index (χ3v) is 3.19. The summed E-state index contributed by atoms with van der Waals surface area (Å²) in [6.45, 7) is 1.32. The Bertz CT molecular complexity index is 522.